The monoisotopic (exact) mass is 764 g/mol. The molecule has 0 radical (unpaired) electrons. The van der Waals surface area contributed by atoms with Gasteiger partial charge in [-0.25, -0.2) is 19.2 Å². The highest BCUT2D eigenvalue weighted by molar-refractivity contribution is 5.88. The Kier molecular flexibility index (Phi) is 14.3. The van der Waals surface area contributed by atoms with E-state index in [4.69, 9.17) is 23.7 Å². The van der Waals surface area contributed by atoms with Gasteiger partial charge in [-0.2, -0.15) is 0 Å². The molecule has 1 saturated heterocycles. The quantitative estimate of drug-likeness (QED) is 0.0748. The molecule has 292 valence electrons. The Morgan fingerprint density at radius 1 is 0.732 bits per heavy atom. The number of carbonyl (C=O) groups is 4. The van der Waals surface area contributed by atoms with E-state index in [0.29, 0.717) is 6.54 Å². The number of aromatic amines is 2. The van der Waals surface area contributed by atoms with Crippen molar-refractivity contribution >= 4 is 45.9 Å². The van der Waals surface area contributed by atoms with Gasteiger partial charge in [-0.1, -0.05) is 60.7 Å². The summed E-state index contributed by atoms with van der Waals surface area (Å²) in [5.74, 6) is 0.675. The van der Waals surface area contributed by atoms with E-state index in [1.54, 1.807) is 20.4 Å². The lowest BCUT2D eigenvalue weighted by molar-refractivity contribution is -0.143. The largest absolute Gasteiger partial charge is 0.497 e. The lowest BCUT2D eigenvalue weighted by atomic mass is 10.0. The number of carbonyl (C=O) groups excluding carboxylic acids is 4. The fourth-order valence-corrected chi connectivity index (χ4v) is 5.56. The van der Waals surface area contributed by atoms with Crippen molar-refractivity contribution in [1.82, 2.24) is 20.2 Å². The fraction of sp³-hybridized carbons (Fsp3) is 0.238. The van der Waals surface area contributed by atoms with Crippen LogP contribution in [0.25, 0.3) is 21.8 Å². The Bertz CT molecular complexity index is 2200. The van der Waals surface area contributed by atoms with E-state index >= 15 is 0 Å². The van der Waals surface area contributed by atoms with Crippen molar-refractivity contribution in [3.63, 3.8) is 0 Å². The molecule has 0 unspecified atom stereocenters. The molecule has 14 nitrogen and oxygen atoms in total. The highest BCUT2D eigenvalue weighted by Crippen LogP contribution is 2.25. The van der Waals surface area contributed by atoms with Crippen LogP contribution in [0.5, 0.6) is 11.5 Å². The van der Waals surface area contributed by atoms with Crippen LogP contribution < -0.4 is 14.8 Å². The third-order valence-corrected chi connectivity index (χ3v) is 8.68. The van der Waals surface area contributed by atoms with Crippen LogP contribution in [0, 0.1) is 0 Å². The van der Waals surface area contributed by atoms with Gasteiger partial charge in [0, 0.05) is 47.4 Å². The van der Waals surface area contributed by atoms with Gasteiger partial charge in [-0.3, -0.25) is 4.90 Å². The topological polar surface area (TPSA) is 170 Å². The number of esters is 2. The summed E-state index contributed by atoms with van der Waals surface area (Å²) in [6.45, 7) is 0.706. The number of hydrogen-bond acceptors (Lipinski definition) is 10. The van der Waals surface area contributed by atoms with Crippen LogP contribution in [-0.2, 0) is 48.2 Å². The number of hydrogen-bond donors (Lipinski definition) is 3. The maximum Gasteiger partial charge on any atom is 0.411 e. The van der Waals surface area contributed by atoms with E-state index in [2.05, 4.69) is 20.0 Å². The fourth-order valence-electron chi connectivity index (χ4n) is 5.56. The van der Waals surface area contributed by atoms with Crippen molar-refractivity contribution in [2.45, 2.75) is 31.7 Å². The van der Waals surface area contributed by atoms with Gasteiger partial charge in [0.15, 0.2) is 6.04 Å². The van der Waals surface area contributed by atoms with Gasteiger partial charge in [-0.15, -0.1) is 0 Å². The Labute approximate surface area is 323 Å². The van der Waals surface area contributed by atoms with Crippen molar-refractivity contribution in [3.05, 3.63) is 132 Å². The average Bonchev–Trinajstić information content (AvgIpc) is 3.75. The van der Waals surface area contributed by atoms with Gasteiger partial charge >= 0.3 is 24.1 Å². The van der Waals surface area contributed by atoms with Gasteiger partial charge in [-0.05, 0) is 52.4 Å². The highest BCUT2D eigenvalue weighted by Gasteiger charge is 2.46. The minimum atomic E-state index is -0.866. The van der Waals surface area contributed by atoms with Crippen LogP contribution in [0.15, 0.2) is 116 Å². The van der Waals surface area contributed by atoms with Crippen LogP contribution in [0.4, 0.5) is 9.59 Å². The smallest absolute Gasteiger partial charge is 0.411 e. The first-order valence-electron chi connectivity index (χ1n) is 17.6. The second-order valence-electron chi connectivity index (χ2n) is 12.4. The van der Waals surface area contributed by atoms with Crippen LogP contribution >= 0.6 is 0 Å². The van der Waals surface area contributed by atoms with Gasteiger partial charge in [0.1, 0.15) is 30.8 Å². The summed E-state index contributed by atoms with van der Waals surface area (Å²) in [6, 6.07) is 31.0. The summed E-state index contributed by atoms with van der Waals surface area (Å²) in [6.07, 6.45) is 2.82. The third-order valence-electron chi connectivity index (χ3n) is 8.68. The lowest BCUT2D eigenvalue weighted by Crippen LogP contribution is -2.43. The van der Waals surface area contributed by atoms with Crippen molar-refractivity contribution < 1.29 is 47.6 Å². The van der Waals surface area contributed by atoms with Gasteiger partial charge in [0.05, 0.1) is 35.0 Å². The predicted molar refractivity (Wildman–Crippen MR) is 208 cm³/mol. The van der Waals surface area contributed by atoms with Crippen LogP contribution in [0.2, 0.25) is 0 Å². The number of benzene rings is 4. The molecule has 14 heteroatoms. The molecule has 0 bridgehead atoms. The number of rotatable bonds is 11. The van der Waals surface area contributed by atoms with E-state index in [1.807, 2.05) is 109 Å². The first kappa shape index (κ1) is 40.2. The summed E-state index contributed by atoms with van der Waals surface area (Å²) >= 11 is 0. The summed E-state index contributed by atoms with van der Waals surface area (Å²) in [7, 11) is 5.86. The molecule has 6 aromatic rings. The number of methoxy groups -OCH3 is 4. The molecule has 3 N–H and O–H groups in total. The molecule has 1 fully saturated rings. The Morgan fingerprint density at radius 2 is 1.36 bits per heavy atom. The number of fused-ring (bicyclic) bond motifs is 2. The zero-order valence-corrected chi connectivity index (χ0v) is 31.5. The standard InChI is InChI=1S/C21H22N2O5.C12H13NO4.C9H9NO/c1-26-16-8-9-17-15(12-22-18(17)11-16)10-19(20(24)27-2)23-21(25)28-13-14-6-4-3-5-7-14;1-16-11(14)10-7-13(10)12(15)17-8-9-5-3-2-4-6-9;1-11-8-3-2-7-4-5-10-9(7)6-8/h3-9,11-12,19,22H,10,13H2,1-2H3,(H,23,25);2-6,10H,7-8H2,1H3;2-6,10H,1H3/t19-;10-,13?;/m10./s1. The van der Waals surface area contributed by atoms with Crippen LogP contribution in [0.1, 0.15) is 16.7 Å². The van der Waals surface area contributed by atoms with Gasteiger partial charge < -0.3 is 43.7 Å². The van der Waals surface area contributed by atoms with Crippen molar-refractivity contribution in [1.29, 1.82) is 0 Å². The molecule has 7 rings (SSSR count). The van der Waals surface area contributed by atoms with Crippen molar-refractivity contribution in [2.75, 3.05) is 35.0 Å². The average molecular weight is 765 g/mol. The first-order chi connectivity index (χ1) is 27.2. The maximum absolute atomic E-state index is 12.2. The predicted octanol–water partition coefficient (Wildman–Crippen LogP) is 6.54. The number of amides is 2. The van der Waals surface area contributed by atoms with E-state index in [9.17, 15) is 19.2 Å². The van der Waals surface area contributed by atoms with E-state index < -0.39 is 36.2 Å². The Morgan fingerprint density at radius 3 is 1.98 bits per heavy atom. The van der Waals surface area contributed by atoms with Crippen LogP contribution in [0.3, 0.4) is 0 Å². The highest BCUT2D eigenvalue weighted by atomic mass is 16.6. The summed E-state index contributed by atoms with van der Waals surface area (Å²) in [5, 5.41) is 4.74. The number of aromatic nitrogens is 2. The maximum atomic E-state index is 12.2. The molecule has 0 spiro atoms. The summed E-state index contributed by atoms with van der Waals surface area (Å²) in [4.78, 5) is 54.5. The zero-order valence-electron chi connectivity index (χ0n) is 31.5. The lowest BCUT2D eigenvalue weighted by Gasteiger charge is -2.16. The molecule has 0 saturated carbocycles. The number of nitrogens with zero attached hydrogens (tertiary/aromatic N) is 1. The minimum absolute atomic E-state index is 0.118. The zero-order chi connectivity index (χ0) is 39.9. The first-order valence-corrected chi connectivity index (χ1v) is 17.6. The van der Waals surface area contributed by atoms with Gasteiger partial charge in [0.2, 0.25) is 0 Å². The molecule has 2 atom stereocenters. The molecular formula is C42H44N4O10. The molecule has 4 aromatic carbocycles. The normalized spacial score (nSPS) is 13.1. The van der Waals surface area contributed by atoms with E-state index in [1.165, 1.54) is 24.5 Å². The number of nitrogens with one attached hydrogen (secondary N) is 3. The molecule has 56 heavy (non-hydrogen) atoms. The molecule has 3 heterocycles. The van der Waals surface area contributed by atoms with E-state index in [-0.39, 0.29) is 19.6 Å². The summed E-state index contributed by atoms with van der Waals surface area (Å²) in [5.41, 5.74) is 4.64. The number of alkyl carbamates (subject to hydrolysis) is 1. The summed E-state index contributed by atoms with van der Waals surface area (Å²) < 4.78 is 29.9. The Balaban J connectivity index is 0.000000180. The molecule has 2 amide bonds. The molecule has 1 aliphatic rings. The molecule has 1 aliphatic heterocycles. The van der Waals surface area contributed by atoms with Crippen molar-refractivity contribution in [3.8, 4) is 11.5 Å². The second kappa shape index (κ2) is 19.9. The minimum Gasteiger partial charge on any atom is -0.497 e. The molecular weight excluding hydrogens is 720 g/mol. The SMILES string of the molecule is COC(=O)[C@@H](Cc1c[nH]c2cc(OC)ccc12)NC(=O)OCc1ccccc1.COC(=O)[C@@H]1CN1C(=O)OCc1ccccc1.COc1ccc2cc[nH]c2c1. The van der Waals surface area contributed by atoms with Crippen molar-refractivity contribution in [2.24, 2.45) is 0 Å². The third kappa shape index (κ3) is 11.3. The number of H-pyrrole nitrogens is 2. The van der Waals surface area contributed by atoms with Crippen LogP contribution in [-0.4, -0.2) is 86.1 Å². The molecule has 0 aliphatic carbocycles. The molecule has 2 aromatic heterocycles. The van der Waals surface area contributed by atoms with E-state index in [0.717, 1.165) is 44.6 Å². The second-order valence-corrected chi connectivity index (χ2v) is 12.4. The number of ether oxygens (including phenoxy) is 6. The van der Waals surface area contributed by atoms with Gasteiger partial charge in [0.25, 0.3) is 0 Å². The Hall–Kier alpha value is -6.96.